The second-order valence-electron chi connectivity index (χ2n) is 6.40. The van der Waals surface area contributed by atoms with Crippen LogP contribution in [0.2, 0.25) is 10.0 Å². The Morgan fingerprint density at radius 3 is 2.54 bits per heavy atom. The summed E-state index contributed by atoms with van der Waals surface area (Å²) in [6.45, 7) is 2.25. The van der Waals surface area contributed by atoms with E-state index in [0.717, 1.165) is 11.1 Å². The minimum Gasteiger partial charge on any atom is -0.326 e. The van der Waals surface area contributed by atoms with Gasteiger partial charge in [-0.1, -0.05) is 41.4 Å². The smallest absolute Gasteiger partial charge is 0.266 e. The highest BCUT2D eigenvalue weighted by molar-refractivity contribution is 6.31. The molecule has 1 heterocycles. The monoisotopic (exact) mass is 415 g/mol. The van der Waals surface area contributed by atoms with Crippen LogP contribution in [0.25, 0.3) is 11.3 Å². The maximum absolute atomic E-state index is 12.1. The summed E-state index contributed by atoms with van der Waals surface area (Å²) in [7, 11) is 0. The summed E-state index contributed by atoms with van der Waals surface area (Å²) < 4.78 is 1.37. The van der Waals surface area contributed by atoms with Crippen molar-refractivity contribution in [2.45, 2.75) is 26.3 Å². The average Bonchev–Trinajstić information content (AvgIpc) is 2.67. The van der Waals surface area contributed by atoms with Gasteiger partial charge in [0.25, 0.3) is 5.56 Å². The molecule has 0 fully saturated rings. The zero-order valence-corrected chi connectivity index (χ0v) is 16.8. The molecule has 1 N–H and O–H groups in total. The van der Waals surface area contributed by atoms with Crippen LogP contribution in [-0.2, 0) is 11.3 Å². The van der Waals surface area contributed by atoms with Crippen LogP contribution in [0.5, 0.6) is 0 Å². The normalized spacial score (nSPS) is 10.7. The van der Waals surface area contributed by atoms with E-state index in [4.69, 9.17) is 23.2 Å². The number of amides is 1. The molecule has 0 saturated heterocycles. The molecule has 1 aromatic heterocycles. The van der Waals surface area contributed by atoms with Crippen LogP contribution in [0.15, 0.2) is 59.4 Å². The van der Waals surface area contributed by atoms with Crippen LogP contribution >= 0.6 is 23.2 Å². The quantitative estimate of drug-likeness (QED) is 0.619. The Balaban J connectivity index is 1.60. The summed E-state index contributed by atoms with van der Waals surface area (Å²) >= 11 is 12.0. The first-order valence-corrected chi connectivity index (χ1v) is 9.58. The number of halogens is 2. The van der Waals surface area contributed by atoms with E-state index >= 15 is 0 Å². The summed E-state index contributed by atoms with van der Waals surface area (Å²) in [4.78, 5) is 24.2. The van der Waals surface area contributed by atoms with Crippen LogP contribution < -0.4 is 10.9 Å². The SMILES string of the molecule is Cc1ccc(NC(=O)CCCn2nc(-c3ccc(Cl)cc3)ccc2=O)cc1Cl. The number of hydrogen-bond donors (Lipinski definition) is 1. The van der Waals surface area contributed by atoms with Gasteiger partial charge >= 0.3 is 0 Å². The molecule has 0 aliphatic carbocycles. The third-order valence-electron chi connectivity index (χ3n) is 4.24. The number of nitrogens with zero attached hydrogens (tertiary/aromatic N) is 2. The Kier molecular flexibility index (Phi) is 6.49. The van der Waals surface area contributed by atoms with E-state index in [-0.39, 0.29) is 17.9 Å². The third kappa shape index (κ3) is 5.21. The van der Waals surface area contributed by atoms with Crippen molar-refractivity contribution < 1.29 is 4.79 Å². The predicted octanol–water partition coefficient (Wildman–Crippen LogP) is 4.94. The highest BCUT2D eigenvalue weighted by Gasteiger charge is 2.07. The Bertz CT molecular complexity index is 1050. The van der Waals surface area contributed by atoms with Gasteiger partial charge in [0.2, 0.25) is 5.91 Å². The van der Waals surface area contributed by atoms with E-state index in [1.54, 1.807) is 30.3 Å². The maximum atomic E-state index is 12.1. The fraction of sp³-hybridized carbons (Fsp3) is 0.190. The molecule has 0 unspecified atom stereocenters. The van der Waals surface area contributed by atoms with Gasteiger partial charge in [-0.15, -0.1) is 0 Å². The summed E-state index contributed by atoms with van der Waals surface area (Å²) in [6.07, 6.45) is 0.757. The number of benzene rings is 2. The molecular weight excluding hydrogens is 397 g/mol. The molecule has 0 atom stereocenters. The third-order valence-corrected chi connectivity index (χ3v) is 4.90. The number of hydrogen-bond acceptors (Lipinski definition) is 3. The van der Waals surface area contributed by atoms with E-state index in [2.05, 4.69) is 10.4 Å². The van der Waals surface area contributed by atoms with Gasteiger partial charge in [0.1, 0.15) is 0 Å². The van der Waals surface area contributed by atoms with E-state index in [1.165, 1.54) is 10.7 Å². The summed E-state index contributed by atoms with van der Waals surface area (Å²) in [5.74, 6) is -0.137. The molecule has 5 nitrogen and oxygen atoms in total. The second-order valence-corrected chi connectivity index (χ2v) is 7.25. The molecule has 0 aliphatic heterocycles. The molecule has 2 aromatic carbocycles. The first-order chi connectivity index (χ1) is 13.4. The Hall–Kier alpha value is -2.63. The van der Waals surface area contributed by atoms with Crippen LogP contribution in [-0.4, -0.2) is 15.7 Å². The number of carbonyl (C=O) groups excluding carboxylic acids is 1. The summed E-state index contributed by atoms with van der Waals surface area (Å²) in [5.41, 5.74) is 2.94. The van der Waals surface area contributed by atoms with Gasteiger partial charge in [-0.2, -0.15) is 5.10 Å². The minimum atomic E-state index is -0.205. The Morgan fingerprint density at radius 1 is 1.07 bits per heavy atom. The zero-order chi connectivity index (χ0) is 20.1. The van der Waals surface area contributed by atoms with Gasteiger partial charge in [0.05, 0.1) is 5.69 Å². The summed E-state index contributed by atoms with van der Waals surface area (Å²) in [5, 5.41) is 8.44. The predicted molar refractivity (Wildman–Crippen MR) is 113 cm³/mol. The van der Waals surface area contributed by atoms with E-state index in [0.29, 0.717) is 34.4 Å². The van der Waals surface area contributed by atoms with Gasteiger partial charge in [0.15, 0.2) is 0 Å². The standard InChI is InChI=1S/C21H19Cl2N3O2/c1-14-4-9-17(13-18(14)23)24-20(27)3-2-12-26-21(28)11-10-19(25-26)15-5-7-16(22)8-6-15/h4-11,13H,2-3,12H2,1H3,(H,24,27). The Labute approximate surface area is 172 Å². The maximum Gasteiger partial charge on any atom is 0.266 e. The second kappa shape index (κ2) is 9.04. The van der Waals surface area contributed by atoms with Crippen LogP contribution in [0.4, 0.5) is 5.69 Å². The van der Waals surface area contributed by atoms with Gasteiger partial charge < -0.3 is 5.32 Å². The van der Waals surface area contributed by atoms with Crippen molar-refractivity contribution in [2.24, 2.45) is 0 Å². The lowest BCUT2D eigenvalue weighted by Gasteiger charge is -2.09. The molecule has 0 radical (unpaired) electrons. The molecule has 0 bridgehead atoms. The number of carbonyl (C=O) groups is 1. The van der Waals surface area contributed by atoms with Gasteiger partial charge in [-0.3, -0.25) is 9.59 Å². The highest BCUT2D eigenvalue weighted by Crippen LogP contribution is 2.20. The fourth-order valence-electron chi connectivity index (χ4n) is 2.67. The van der Waals surface area contributed by atoms with Gasteiger partial charge in [-0.25, -0.2) is 4.68 Å². The molecule has 28 heavy (non-hydrogen) atoms. The molecule has 3 aromatic rings. The molecule has 3 rings (SSSR count). The molecule has 7 heteroatoms. The number of nitrogens with one attached hydrogen (secondary N) is 1. The fourth-order valence-corrected chi connectivity index (χ4v) is 2.97. The lowest BCUT2D eigenvalue weighted by atomic mass is 10.1. The average molecular weight is 416 g/mol. The molecule has 0 aliphatic rings. The minimum absolute atomic E-state index is 0.137. The number of aromatic nitrogens is 2. The van der Waals surface area contributed by atoms with Crippen molar-refractivity contribution in [3.8, 4) is 11.3 Å². The van der Waals surface area contributed by atoms with Crippen LogP contribution in [0, 0.1) is 6.92 Å². The van der Waals surface area contributed by atoms with Crippen molar-refractivity contribution in [2.75, 3.05) is 5.32 Å². The lowest BCUT2D eigenvalue weighted by Crippen LogP contribution is -2.23. The first-order valence-electron chi connectivity index (χ1n) is 8.82. The molecule has 0 saturated carbocycles. The van der Waals surface area contributed by atoms with Crippen molar-refractivity contribution in [1.29, 1.82) is 0 Å². The first kappa shape index (κ1) is 20.1. The van der Waals surface area contributed by atoms with Crippen molar-refractivity contribution in [1.82, 2.24) is 9.78 Å². The number of rotatable bonds is 6. The van der Waals surface area contributed by atoms with E-state index < -0.39 is 0 Å². The van der Waals surface area contributed by atoms with E-state index in [9.17, 15) is 9.59 Å². The largest absolute Gasteiger partial charge is 0.326 e. The number of aryl methyl sites for hydroxylation is 2. The topological polar surface area (TPSA) is 64.0 Å². The van der Waals surface area contributed by atoms with E-state index in [1.807, 2.05) is 25.1 Å². The molecule has 0 spiro atoms. The molecule has 1 amide bonds. The molecular formula is C21H19Cl2N3O2. The number of anilines is 1. The summed E-state index contributed by atoms with van der Waals surface area (Å²) in [6, 6.07) is 15.8. The van der Waals surface area contributed by atoms with Crippen molar-refractivity contribution in [3.05, 3.63) is 80.6 Å². The molecule has 144 valence electrons. The van der Waals surface area contributed by atoms with Gasteiger partial charge in [0, 0.05) is 40.3 Å². The Morgan fingerprint density at radius 2 is 1.82 bits per heavy atom. The zero-order valence-electron chi connectivity index (χ0n) is 15.3. The van der Waals surface area contributed by atoms with Crippen molar-refractivity contribution in [3.63, 3.8) is 0 Å². The van der Waals surface area contributed by atoms with Crippen LogP contribution in [0.3, 0.4) is 0 Å². The highest BCUT2D eigenvalue weighted by atomic mass is 35.5. The van der Waals surface area contributed by atoms with Gasteiger partial charge in [-0.05, 0) is 49.2 Å². The lowest BCUT2D eigenvalue weighted by molar-refractivity contribution is -0.116. The van der Waals surface area contributed by atoms with Crippen LogP contribution in [0.1, 0.15) is 18.4 Å². The van der Waals surface area contributed by atoms with Crippen molar-refractivity contribution >= 4 is 34.8 Å².